The van der Waals surface area contributed by atoms with E-state index in [1.165, 1.54) is 17.0 Å². The molecule has 204 valence electrons. The first kappa shape index (κ1) is 27.3. The number of halogens is 1. The van der Waals surface area contributed by atoms with Gasteiger partial charge in [-0.25, -0.2) is 4.39 Å². The highest BCUT2D eigenvalue weighted by molar-refractivity contribution is 7.09. The molecule has 0 spiro atoms. The van der Waals surface area contributed by atoms with Crippen LogP contribution in [0.15, 0.2) is 42.5 Å². The van der Waals surface area contributed by atoms with E-state index in [1.54, 1.807) is 25.1 Å². The quantitative estimate of drug-likeness (QED) is 0.314. The zero-order chi connectivity index (χ0) is 28.1. The molecule has 0 aliphatic carbocycles. The lowest BCUT2D eigenvalue weighted by atomic mass is 10.0. The summed E-state index contributed by atoms with van der Waals surface area (Å²) >= 11 is 0.646. The van der Waals surface area contributed by atoms with Crippen molar-refractivity contribution in [1.29, 1.82) is 0 Å². The number of benzene rings is 2. The van der Waals surface area contributed by atoms with Gasteiger partial charge in [-0.05, 0) is 53.8 Å². The Labute approximate surface area is 225 Å². The lowest BCUT2D eigenvalue weighted by Crippen LogP contribution is -2.44. The Morgan fingerprint density at radius 1 is 1.15 bits per heavy atom. The molecule has 1 aromatic heterocycles. The summed E-state index contributed by atoms with van der Waals surface area (Å²) in [5, 5.41) is 2.47. The van der Waals surface area contributed by atoms with Crippen LogP contribution in [0.5, 0.6) is 11.5 Å². The summed E-state index contributed by atoms with van der Waals surface area (Å²) in [5.74, 6) is -2.72. The first-order chi connectivity index (χ1) is 18.7. The number of nitrogen functional groups attached to an aromatic ring is 1. The molecule has 3 amide bonds. The molecule has 0 bridgehead atoms. The normalized spacial score (nSPS) is 12.5. The summed E-state index contributed by atoms with van der Waals surface area (Å²) in [6, 6.07) is 8.57. The van der Waals surface area contributed by atoms with Crippen LogP contribution in [0.2, 0.25) is 0 Å². The fourth-order valence-electron chi connectivity index (χ4n) is 3.86. The van der Waals surface area contributed by atoms with Crippen LogP contribution in [0, 0.1) is 5.82 Å². The number of ether oxygens (including phenoxy) is 3. The molecule has 12 nitrogen and oxygen atoms in total. The minimum absolute atomic E-state index is 0.0309. The Balaban J connectivity index is 1.78. The van der Waals surface area contributed by atoms with Crippen LogP contribution in [0.1, 0.15) is 44.3 Å². The van der Waals surface area contributed by atoms with Crippen LogP contribution < -0.4 is 26.3 Å². The summed E-state index contributed by atoms with van der Waals surface area (Å²) in [6.07, 6.45) is 0. The van der Waals surface area contributed by atoms with Crippen LogP contribution >= 0.6 is 11.5 Å². The SMILES string of the molecule is CCOC(=O)CNC(=O)C(c1ccc(F)cc1)N(Cc1ccc2c(c1)OCO2)C(=O)c1snc(C(N)=O)c1N. The number of aromatic nitrogens is 1. The van der Waals surface area contributed by atoms with Crippen LogP contribution in [0.25, 0.3) is 0 Å². The third-order valence-electron chi connectivity index (χ3n) is 5.66. The Morgan fingerprint density at radius 3 is 2.54 bits per heavy atom. The molecule has 5 N–H and O–H groups in total. The van der Waals surface area contributed by atoms with Gasteiger partial charge in [0, 0.05) is 6.54 Å². The molecule has 2 heterocycles. The van der Waals surface area contributed by atoms with Crippen molar-refractivity contribution in [2.45, 2.75) is 19.5 Å². The largest absolute Gasteiger partial charge is 0.465 e. The van der Waals surface area contributed by atoms with E-state index in [4.69, 9.17) is 25.7 Å². The Morgan fingerprint density at radius 2 is 1.87 bits per heavy atom. The predicted molar refractivity (Wildman–Crippen MR) is 136 cm³/mol. The topological polar surface area (TPSA) is 176 Å². The van der Waals surface area contributed by atoms with Crippen LogP contribution in [0.3, 0.4) is 0 Å². The highest BCUT2D eigenvalue weighted by Gasteiger charge is 2.35. The first-order valence-electron chi connectivity index (χ1n) is 11.6. The number of carbonyl (C=O) groups is 4. The molecule has 14 heteroatoms. The standard InChI is InChI=1S/C25H24FN5O7S/c1-2-36-18(32)10-29-24(34)21(14-4-6-15(26)7-5-14)31(11-13-3-8-16-17(9-13)38-12-37-16)25(35)22-19(27)20(23(28)33)30-39-22/h3-9,21H,2,10-12,27H2,1H3,(H2,28,33)(H,29,34). The number of esters is 1. The molecule has 4 rings (SSSR count). The van der Waals surface area contributed by atoms with Gasteiger partial charge in [0.25, 0.3) is 11.8 Å². The first-order valence-corrected chi connectivity index (χ1v) is 12.4. The number of primary amides is 1. The molecular formula is C25H24FN5O7S. The molecule has 0 saturated heterocycles. The molecule has 1 aliphatic heterocycles. The second-order valence-corrected chi connectivity index (χ2v) is 9.01. The fraction of sp³-hybridized carbons (Fsp3) is 0.240. The van der Waals surface area contributed by atoms with Gasteiger partial charge in [-0.1, -0.05) is 18.2 Å². The number of rotatable bonds is 10. The van der Waals surface area contributed by atoms with E-state index in [9.17, 15) is 23.6 Å². The molecule has 1 atom stereocenters. The molecular weight excluding hydrogens is 533 g/mol. The number of carbonyl (C=O) groups excluding carboxylic acids is 4. The Bertz CT molecular complexity index is 1410. The van der Waals surface area contributed by atoms with E-state index >= 15 is 0 Å². The lowest BCUT2D eigenvalue weighted by molar-refractivity contribution is -0.143. The minimum atomic E-state index is -1.36. The number of amides is 3. The summed E-state index contributed by atoms with van der Waals surface area (Å²) in [6.45, 7) is 1.13. The average molecular weight is 558 g/mol. The zero-order valence-electron chi connectivity index (χ0n) is 20.6. The van der Waals surface area contributed by atoms with Gasteiger partial charge >= 0.3 is 5.97 Å². The third-order valence-corrected chi connectivity index (χ3v) is 6.52. The maximum absolute atomic E-state index is 13.9. The monoisotopic (exact) mass is 557 g/mol. The van der Waals surface area contributed by atoms with Gasteiger partial charge in [-0.2, -0.15) is 4.37 Å². The predicted octanol–water partition coefficient (Wildman–Crippen LogP) is 1.75. The summed E-state index contributed by atoms with van der Waals surface area (Å²) in [4.78, 5) is 52.1. The molecule has 1 unspecified atom stereocenters. The minimum Gasteiger partial charge on any atom is -0.465 e. The number of nitrogens with one attached hydrogen (secondary N) is 1. The summed E-state index contributed by atoms with van der Waals surface area (Å²) in [7, 11) is 0. The van der Waals surface area contributed by atoms with Gasteiger partial charge < -0.3 is 35.9 Å². The van der Waals surface area contributed by atoms with Crippen molar-refractivity contribution in [1.82, 2.24) is 14.6 Å². The number of nitrogens with zero attached hydrogens (tertiary/aromatic N) is 2. The van der Waals surface area contributed by atoms with E-state index < -0.39 is 42.1 Å². The molecule has 0 radical (unpaired) electrons. The molecule has 1 aliphatic rings. The van der Waals surface area contributed by atoms with Gasteiger partial charge in [-0.15, -0.1) is 0 Å². The number of anilines is 1. The van der Waals surface area contributed by atoms with Gasteiger partial charge in [0.2, 0.25) is 12.7 Å². The highest BCUT2D eigenvalue weighted by Crippen LogP contribution is 2.35. The number of hydrogen-bond donors (Lipinski definition) is 3. The van der Waals surface area contributed by atoms with E-state index in [2.05, 4.69) is 9.69 Å². The Hall–Kier alpha value is -4.72. The lowest BCUT2D eigenvalue weighted by Gasteiger charge is -2.31. The van der Waals surface area contributed by atoms with Crippen molar-refractivity contribution in [3.8, 4) is 11.5 Å². The maximum atomic E-state index is 13.9. The van der Waals surface area contributed by atoms with Crippen molar-refractivity contribution in [2.75, 3.05) is 25.7 Å². The molecule has 0 saturated carbocycles. The molecule has 39 heavy (non-hydrogen) atoms. The van der Waals surface area contributed by atoms with Gasteiger partial charge in [0.15, 0.2) is 17.2 Å². The van der Waals surface area contributed by atoms with E-state index in [0.717, 1.165) is 12.1 Å². The van der Waals surface area contributed by atoms with E-state index in [1.807, 2.05) is 0 Å². The summed E-state index contributed by atoms with van der Waals surface area (Å²) < 4.78 is 33.3. The van der Waals surface area contributed by atoms with Crippen molar-refractivity contribution in [3.05, 3.63) is 70.0 Å². The second-order valence-electron chi connectivity index (χ2n) is 8.24. The van der Waals surface area contributed by atoms with Crippen molar-refractivity contribution < 1.29 is 37.8 Å². The molecule has 0 fully saturated rings. The van der Waals surface area contributed by atoms with Gasteiger partial charge in [0.05, 0.1) is 12.3 Å². The molecule has 3 aromatic rings. The van der Waals surface area contributed by atoms with Crippen LogP contribution in [-0.4, -0.2) is 52.9 Å². The maximum Gasteiger partial charge on any atom is 0.325 e. The average Bonchev–Trinajstić information content (AvgIpc) is 3.54. The van der Waals surface area contributed by atoms with Crippen molar-refractivity contribution in [3.63, 3.8) is 0 Å². The Kier molecular flexibility index (Phi) is 8.24. The van der Waals surface area contributed by atoms with Gasteiger partial charge in [0.1, 0.15) is 23.3 Å². The van der Waals surface area contributed by atoms with E-state index in [0.29, 0.717) is 28.6 Å². The van der Waals surface area contributed by atoms with Gasteiger partial charge in [-0.3, -0.25) is 19.2 Å². The fourth-order valence-corrected chi connectivity index (χ4v) is 4.62. The van der Waals surface area contributed by atoms with Crippen molar-refractivity contribution in [2.24, 2.45) is 5.73 Å². The third kappa shape index (κ3) is 6.06. The van der Waals surface area contributed by atoms with Crippen molar-refractivity contribution >= 4 is 40.9 Å². The zero-order valence-corrected chi connectivity index (χ0v) is 21.5. The highest BCUT2D eigenvalue weighted by atomic mass is 32.1. The number of hydrogen-bond acceptors (Lipinski definition) is 10. The number of fused-ring (bicyclic) bond motifs is 1. The number of nitrogens with two attached hydrogens (primary N) is 2. The second kappa shape index (κ2) is 11.8. The smallest absolute Gasteiger partial charge is 0.325 e. The van der Waals surface area contributed by atoms with E-state index in [-0.39, 0.29) is 41.8 Å². The van der Waals surface area contributed by atoms with Crippen LogP contribution in [0.4, 0.5) is 10.1 Å². The van der Waals surface area contributed by atoms with Crippen LogP contribution in [-0.2, 0) is 20.9 Å². The molecule has 2 aromatic carbocycles. The summed E-state index contributed by atoms with van der Waals surface area (Å²) in [5.41, 5.74) is 11.6.